The van der Waals surface area contributed by atoms with Crippen molar-refractivity contribution in [2.24, 2.45) is 7.05 Å². The van der Waals surface area contributed by atoms with Gasteiger partial charge in [0.25, 0.3) is 0 Å². The first-order valence-electron chi connectivity index (χ1n) is 4.89. The van der Waals surface area contributed by atoms with Crippen molar-refractivity contribution in [2.75, 3.05) is 0 Å². The summed E-state index contributed by atoms with van der Waals surface area (Å²) < 4.78 is 7.94. The fraction of sp³-hybridized carbons (Fsp3) is 0.182. The van der Waals surface area contributed by atoms with Crippen LogP contribution in [0.5, 0.6) is 11.6 Å². The molecule has 0 aliphatic rings. The smallest absolute Gasteiger partial charge is 0.228 e. The summed E-state index contributed by atoms with van der Waals surface area (Å²) in [5, 5.41) is 4.13. The Morgan fingerprint density at radius 3 is 2.88 bits per heavy atom. The standard InChI is InChI=1S/C11H10BrN3O2/c1-7-10(6-16)11(15(2)14-7)17-9-3-8(12)4-13-5-9/h3-6H,1-2H3. The van der Waals surface area contributed by atoms with E-state index in [1.54, 1.807) is 32.4 Å². The van der Waals surface area contributed by atoms with E-state index in [-0.39, 0.29) is 0 Å². The van der Waals surface area contributed by atoms with Gasteiger partial charge >= 0.3 is 0 Å². The summed E-state index contributed by atoms with van der Waals surface area (Å²) in [6.07, 6.45) is 3.97. The number of halogens is 1. The first-order valence-corrected chi connectivity index (χ1v) is 5.68. The summed E-state index contributed by atoms with van der Waals surface area (Å²) in [6, 6.07) is 1.77. The molecule has 0 bridgehead atoms. The number of carbonyl (C=O) groups excluding carboxylic acids is 1. The number of ether oxygens (including phenoxy) is 1. The molecular formula is C11H10BrN3O2. The van der Waals surface area contributed by atoms with Crippen molar-refractivity contribution in [2.45, 2.75) is 6.92 Å². The van der Waals surface area contributed by atoms with Crippen molar-refractivity contribution in [1.29, 1.82) is 0 Å². The van der Waals surface area contributed by atoms with Gasteiger partial charge in [0, 0.05) is 17.7 Å². The van der Waals surface area contributed by atoms with Gasteiger partial charge in [-0.25, -0.2) is 4.68 Å². The normalized spacial score (nSPS) is 10.3. The maximum atomic E-state index is 11.0. The van der Waals surface area contributed by atoms with Gasteiger partial charge in [-0.05, 0) is 28.9 Å². The van der Waals surface area contributed by atoms with Crippen LogP contribution in [-0.4, -0.2) is 21.1 Å². The molecule has 2 aromatic heterocycles. The third-order valence-corrected chi connectivity index (χ3v) is 2.66. The fourth-order valence-electron chi connectivity index (χ4n) is 1.47. The van der Waals surface area contributed by atoms with Crippen molar-refractivity contribution in [3.05, 3.63) is 34.2 Å². The van der Waals surface area contributed by atoms with Crippen LogP contribution in [0.15, 0.2) is 22.9 Å². The topological polar surface area (TPSA) is 57.0 Å². The van der Waals surface area contributed by atoms with E-state index in [4.69, 9.17) is 4.74 Å². The third-order valence-electron chi connectivity index (χ3n) is 2.23. The summed E-state index contributed by atoms with van der Waals surface area (Å²) in [5.74, 6) is 0.961. The predicted molar refractivity (Wildman–Crippen MR) is 65.3 cm³/mol. The minimum absolute atomic E-state index is 0.414. The molecule has 0 unspecified atom stereocenters. The molecule has 0 radical (unpaired) electrons. The van der Waals surface area contributed by atoms with Crippen LogP contribution in [0.3, 0.4) is 0 Å². The number of hydrogen-bond donors (Lipinski definition) is 0. The number of rotatable bonds is 3. The number of hydrogen-bond acceptors (Lipinski definition) is 4. The summed E-state index contributed by atoms with van der Waals surface area (Å²) >= 11 is 3.30. The molecule has 0 N–H and O–H groups in total. The molecule has 0 aliphatic heterocycles. The Hall–Kier alpha value is -1.69. The van der Waals surface area contributed by atoms with E-state index in [1.807, 2.05) is 0 Å². The van der Waals surface area contributed by atoms with Gasteiger partial charge in [-0.2, -0.15) is 5.10 Å². The lowest BCUT2D eigenvalue weighted by molar-refractivity contribution is 0.112. The molecule has 6 heteroatoms. The first kappa shape index (κ1) is 11.8. The molecule has 0 atom stereocenters. The lowest BCUT2D eigenvalue weighted by atomic mass is 10.3. The van der Waals surface area contributed by atoms with Crippen molar-refractivity contribution < 1.29 is 9.53 Å². The highest BCUT2D eigenvalue weighted by Crippen LogP contribution is 2.26. The van der Waals surface area contributed by atoms with E-state index in [1.165, 1.54) is 4.68 Å². The van der Waals surface area contributed by atoms with E-state index in [0.717, 1.165) is 10.8 Å². The highest BCUT2D eigenvalue weighted by Gasteiger charge is 2.14. The summed E-state index contributed by atoms with van der Waals surface area (Å²) in [5.41, 5.74) is 1.09. The average molecular weight is 296 g/mol. The number of aryl methyl sites for hydroxylation is 2. The van der Waals surface area contributed by atoms with Crippen LogP contribution in [0.4, 0.5) is 0 Å². The van der Waals surface area contributed by atoms with Gasteiger partial charge in [0.1, 0.15) is 5.75 Å². The Bertz CT molecular complexity index is 566. The van der Waals surface area contributed by atoms with E-state index >= 15 is 0 Å². The second-order valence-electron chi connectivity index (χ2n) is 3.49. The molecule has 0 saturated heterocycles. The maximum absolute atomic E-state index is 11.0. The minimum atomic E-state index is 0.414. The Morgan fingerprint density at radius 2 is 2.24 bits per heavy atom. The highest BCUT2D eigenvalue weighted by atomic mass is 79.9. The van der Waals surface area contributed by atoms with E-state index in [0.29, 0.717) is 22.9 Å². The van der Waals surface area contributed by atoms with Gasteiger partial charge in [0.15, 0.2) is 6.29 Å². The molecule has 2 aromatic rings. The summed E-state index contributed by atoms with van der Waals surface area (Å²) in [4.78, 5) is 14.9. The third kappa shape index (κ3) is 2.36. The van der Waals surface area contributed by atoms with E-state index in [9.17, 15) is 4.79 Å². The molecule has 2 heterocycles. The molecule has 0 fully saturated rings. The van der Waals surface area contributed by atoms with Crippen molar-refractivity contribution in [1.82, 2.24) is 14.8 Å². The maximum Gasteiger partial charge on any atom is 0.228 e. The van der Waals surface area contributed by atoms with Crippen molar-refractivity contribution in [3.8, 4) is 11.6 Å². The highest BCUT2D eigenvalue weighted by molar-refractivity contribution is 9.10. The fourth-order valence-corrected chi connectivity index (χ4v) is 1.81. The molecule has 0 spiro atoms. The van der Waals surface area contributed by atoms with Gasteiger partial charge in [-0.1, -0.05) is 0 Å². The number of carbonyl (C=O) groups is 1. The molecule has 2 rings (SSSR count). The van der Waals surface area contributed by atoms with Crippen LogP contribution in [0.2, 0.25) is 0 Å². The van der Waals surface area contributed by atoms with Gasteiger partial charge in [0.05, 0.1) is 17.5 Å². The Kier molecular flexibility index (Phi) is 3.23. The monoisotopic (exact) mass is 295 g/mol. The number of pyridine rings is 1. The molecule has 0 aromatic carbocycles. The summed E-state index contributed by atoms with van der Waals surface area (Å²) in [6.45, 7) is 1.76. The Labute approximate surface area is 107 Å². The lowest BCUT2D eigenvalue weighted by Crippen LogP contribution is -1.97. The molecule has 0 aliphatic carbocycles. The van der Waals surface area contributed by atoms with Crippen LogP contribution in [-0.2, 0) is 7.05 Å². The largest absolute Gasteiger partial charge is 0.437 e. The van der Waals surface area contributed by atoms with Crippen molar-refractivity contribution >= 4 is 22.2 Å². The zero-order valence-corrected chi connectivity index (χ0v) is 10.9. The molecule has 17 heavy (non-hydrogen) atoms. The molecule has 0 saturated carbocycles. The van der Waals surface area contributed by atoms with Gasteiger partial charge < -0.3 is 4.74 Å². The molecule has 0 amide bonds. The van der Waals surface area contributed by atoms with Gasteiger partial charge in [0.2, 0.25) is 5.88 Å². The van der Waals surface area contributed by atoms with Crippen LogP contribution in [0, 0.1) is 6.92 Å². The Morgan fingerprint density at radius 1 is 1.47 bits per heavy atom. The molecular weight excluding hydrogens is 286 g/mol. The van der Waals surface area contributed by atoms with E-state index in [2.05, 4.69) is 26.0 Å². The van der Waals surface area contributed by atoms with Crippen LogP contribution < -0.4 is 4.74 Å². The van der Waals surface area contributed by atoms with Gasteiger partial charge in [-0.15, -0.1) is 0 Å². The molecule has 88 valence electrons. The lowest BCUT2D eigenvalue weighted by Gasteiger charge is -2.06. The minimum Gasteiger partial charge on any atom is -0.437 e. The summed E-state index contributed by atoms with van der Waals surface area (Å²) in [7, 11) is 1.72. The second-order valence-corrected chi connectivity index (χ2v) is 4.40. The zero-order chi connectivity index (χ0) is 12.4. The van der Waals surface area contributed by atoms with Crippen LogP contribution in [0.1, 0.15) is 16.1 Å². The molecule has 5 nitrogen and oxygen atoms in total. The number of aromatic nitrogens is 3. The zero-order valence-electron chi connectivity index (χ0n) is 9.35. The number of nitrogens with zero attached hydrogens (tertiary/aromatic N) is 3. The predicted octanol–water partition coefficient (Wildman–Crippen LogP) is 2.49. The van der Waals surface area contributed by atoms with Crippen molar-refractivity contribution in [3.63, 3.8) is 0 Å². The first-order chi connectivity index (χ1) is 8.11. The quantitative estimate of drug-likeness (QED) is 0.817. The number of aldehydes is 1. The average Bonchev–Trinajstić information content (AvgIpc) is 2.53. The van der Waals surface area contributed by atoms with Crippen LogP contribution >= 0.6 is 15.9 Å². The Balaban J connectivity index is 2.39. The second kappa shape index (κ2) is 4.67. The van der Waals surface area contributed by atoms with E-state index < -0.39 is 0 Å². The van der Waals surface area contributed by atoms with Crippen LogP contribution in [0.25, 0.3) is 0 Å². The van der Waals surface area contributed by atoms with Gasteiger partial charge in [-0.3, -0.25) is 9.78 Å². The SMILES string of the molecule is Cc1nn(C)c(Oc2cncc(Br)c2)c1C=O.